The minimum Gasteiger partial charge on any atom is -0.374 e. The maximum absolute atomic E-state index is 8.97. The van der Waals surface area contributed by atoms with Crippen molar-refractivity contribution in [1.82, 2.24) is 0 Å². The molecule has 1 atom stereocenters. The molecule has 1 aliphatic carbocycles. The van der Waals surface area contributed by atoms with Gasteiger partial charge in [0.05, 0.1) is 0 Å². The summed E-state index contributed by atoms with van der Waals surface area (Å²) in [5, 5.41) is 8.97. The minimum atomic E-state index is -0.830. The maximum atomic E-state index is 8.97. The third-order valence-electron chi connectivity index (χ3n) is 1.75. The fourth-order valence-electron chi connectivity index (χ4n) is 1.01. The molecule has 1 N–H and O–H groups in total. The first-order chi connectivity index (χ1) is 5.24. The van der Waals surface area contributed by atoms with Gasteiger partial charge in [-0.25, -0.2) is 0 Å². The van der Waals surface area contributed by atoms with E-state index in [4.69, 9.17) is 28.3 Å². The fourth-order valence-corrected chi connectivity index (χ4v) is 1.41. The molecule has 0 aromatic heterocycles. The van der Waals surface area contributed by atoms with Crippen LogP contribution in [0, 0.1) is 0 Å². The molecule has 0 spiro atoms. The van der Waals surface area contributed by atoms with E-state index in [0.717, 1.165) is 18.4 Å². The summed E-state index contributed by atoms with van der Waals surface area (Å²) in [5.41, 5.74) is 1.25. The third kappa shape index (κ3) is 2.51. The van der Waals surface area contributed by atoms with Crippen LogP contribution < -0.4 is 0 Å². The van der Waals surface area contributed by atoms with Crippen molar-refractivity contribution in [2.24, 2.45) is 0 Å². The van der Waals surface area contributed by atoms with E-state index in [1.807, 2.05) is 12.2 Å². The second-order valence-electron chi connectivity index (χ2n) is 2.54. The van der Waals surface area contributed by atoms with Gasteiger partial charge < -0.3 is 5.11 Å². The molecule has 0 fully saturated rings. The molecule has 0 aliphatic heterocycles. The van der Waals surface area contributed by atoms with Gasteiger partial charge in [0.25, 0.3) is 0 Å². The van der Waals surface area contributed by atoms with Crippen LogP contribution in [0.25, 0.3) is 0 Å². The molecule has 1 aliphatic rings. The maximum Gasteiger partial charge on any atom is 0.149 e. The number of hydrogen-bond acceptors (Lipinski definition) is 1. The number of hydrogen-bond donors (Lipinski definition) is 1. The Hall–Kier alpha value is 0.0200. The second kappa shape index (κ2) is 4.15. The molecule has 1 nitrogen and oxygen atoms in total. The van der Waals surface area contributed by atoms with Crippen LogP contribution in [0.3, 0.4) is 0 Å². The van der Waals surface area contributed by atoms with Crippen LogP contribution in [0.4, 0.5) is 0 Å². The quantitative estimate of drug-likeness (QED) is 0.667. The summed E-state index contributed by atoms with van der Waals surface area (Å²) < 4.78 is 0. The van der Waals surface area contributed by atoms with Crippen LogP contribution in [-0.4, -0.2) is 16.5 Å². The normalized spacial score (nSPS) is 20.6. The van der Waals surface area contributed by atoms with Crippen molar-refractivity contribution in [2.75, 3.05) is 5.88 Å². The molecular formula is C8H10Cl2O. The van der Waals surface area contributed by atoms with E-state index in [1.54, 1.807) is 0 Å². The zero-order valence-corrected chi connectivity index (χ0v) is 7.57. The highest BCUT2D eigenvalue weighted by molar-refractivity contribution is 6.21. The number of aliphatic hydroxyl groups is 1. The zero-order chi connectivity index (χ0) is 8.27. The lowest BCUT2D eigenvalue weighted by Crippen LogP contribution is -2.04. The van der Waals surface area contributed by atoms with Crippen molar-refractivity contribution in [1.29, 1.82) is 0 Å². The molecule has 0 saturated heterocycles. The molecule has 0 aromatic carbocycles. The first-order valence-corrected chi connectivity index (χ1v) is 4.47. The molecule has 11 heavy (non-hydrogen) atoms. The van der Waals surface area contributed by atoms with Crippen LogP contribution in [0.5, 0.6) is 0 Å². The number of allylic oxidation sites excluding steroid dienone is 3. The number of aliphatic hydroxyl groups excluding tert-OH is 1. The summed E-state index contributed by atoms with van der Waals surface area (Å²) in [5.74, 6) is 0.572. The van der Waals surface area contributed by atoms with Crippen LogP contribution in [0.2, 0.25) is 0 Å². The molecule has 0 radical (unpaired) electrons. The predicted molar refractivity (Wildman–Crippen MR) is 48.0 cm³/mol. The van der Waals surface area contributed by atoms with Crippen molar-refractivity contribution < 1.29 is 5.11 Å². The molecule has 1 rings (SSSR count). The average Bonchev–Trinajstić information content (AvgIpc) is 2.05. The number of halogens is 2. The van der Waals surface area contributed by atoms with E-state index < -0.39 is 5.56 Å². The van der Waals surface area contributed by atoms with E-state index >= 15 is 0 Å². The van der Waals surface area contributed by atoms with Crippen molar-refractivity contribution in [3.8, 4) is 0 Å². The minimum absolute atomic E-state index is 0.572. The van der Waals surface area contributed by atoms with Gasteiger partial charge >= 0.3 is 0 Å². The van der Waals surface area contributed by atoms with E-state index in [2.05, 4.69) is 0 Å². The molecule has 62 valence electrons. The van der Waals surface area contributed by atoms with Gasteiger partial charge in [-0.2, -0.15) is 0 Å². The Morgan fingerprint density at radius 1 is 1.45 bits per heavy atom. The lowest BCUT2D eigenvalue weighted by Gasteiger charge is -2.13. The Morgan fingerprint density at radius 2 is 2.18 bits per heavy atom. The largest absolute Gasteiger partial charge is 0.374 e. The highest BCUT2D eigenvalue weighted by atomic mass is 35.5. The molecule has 0 aromatic rings. The first-order valence-electron chi connectivity index (χ1n) is 3.50. The number of rotatable bonds is 2. The molecule has 0 bridgehead atoms. The Labute approximate surface area is 76.3 Å². The van der Waals surface area contributed by atoms with Gasteiger partial charge in [0, 0.05) is 5.88 Å². The van der Waals surface area contributed by atoms with E-state index in [-0.39, 0.29) is 0 Å². The molecule has 3 heteroatoms. The zero-order valence-electron chi connectivity index (χ0n) is 6.06. The number of alkyl halides is 2. The van der Waals surface area contributed by atoms with Crippen molar-refractivity contribution in [2.45, 2.75) is 18.4 Å². The summed E-state index contributed by atoms with van der Waals surface area (Å²) in [6.45, 7) is 0. The second-order valence-corrected chi connectivity index (χ2v) is 3.22. The van der Waals surface area contributed by atoms with Gasteiger partial charge in [-0.15, -0.1) is 11.6 Å². The Morgan fingerprint density at radius 3 is 2.55 bits per heavy atom. The average molecular weight is 193 g/mol. The van der Waals surface area contributed by atoms with Gasteiger partial charge in [-0.3, -0.25) is 0 Å². The molecule has 0 amide bonds. The van der Waals surface area contributed by atoms with Gasteiger partial charge in [-0.1, -0.05) is 29.3 Å². The summed E-state index contributed by atoms with van der Waals surface area (Å²) >= 11 is 11.1. The van der Waals surface area contributed by atoms with Gasteiger partial charge in [0.1, 0.15) is 5.56 Å². The topological polar surface area (TPSA) is 20.2 Å². The summed E-state index contributed by atoms with van der Waals surface area (Å²) in [6, 6.07) is 0. The lowest BCUT2D eigenvalue weighted by molar-refractivity contribution is 0.286. The summed E-state index contributed by atoms with van der Waals surface area (Å²) in [4.78, 5) is 0. The standard InChI is InChI=1S/C8H10Cl2O/c9-5-6-1-3-7(4-2-6)8(10)11/h1,3,8,11H,2,4-5H2. The van der Waals surface area contributed by atoms with Crippen molar-refractivity contribution in [3.63, 3.8) is 0 Å². The van der Waals surface area contributed by atoms with E-state index in [0.29, 0.717) is 5.88 Å². The van der Waals surface area contributed by atoms with Gasteiger partial charge in [-0.05, 0) is 18.4 Å². The molecular weight excluding hydrogens is 183 g/mol. The van der Waals surface area contributed by atoms with Crippen LogP contribution in [-0.2, 0) is 0 Å². The highest BCUT2D eigenvalue weighted by Crippen LogP contribution is 2.22. The van der Waals surface area contributed by atoms with Crippen molar-refractivity contribution in [3.05, 3.63) is 23.3 Å². The SMILES string of the molecule is OC(Cl)C1=CC=C(CCl)CC1. The fraction of sp³-hybridized carbons (Fsp3) is 0.500. The monoisotopic (exact) mass is 192 g/mol. The molecule has 1 unspecified atom stereocenters. The highest BCUT2D eigenvalue weighted by Gasteiger charge is 2.10. The lowest BCUT2D eigenvalue weighted by atomic mass is 10.00. The van der Waals surface area contributed by atoms with E-state index in [9.17, 15) is 0 Å². The first kappa shape index (κ1) is 9.11. The Bertz CT molecular complexity index is 194. The molecule has 0 saturated carbocycles. The van der Waals surface area contributed by atoms with Crippen LogP contribution >= 0.6 is 23.2 Å². The summed E-state index contributed by atoms with van der Waals surface area (Å²) in [7, 11) is 0. The third-order valence-corrected chi connectivity index (χ3v) is 2.37. The predicted octanol–water partition coefficient (Wildman–Crippen LogP) is 2.43. The van der Waals surface area contributed by atoms with E-state index in [1.165, 1.54) is 5.57 Å². The van der Waals surface area contributed by atoms with Crippen LogP contribution in [0.1, 0.15) is 12.8 Å². The summed E-state index contributed by atoms with van der Waals surface area (Å²) in [6.07, 6.45) is 5.51. The van der Waals surface area contributed by atoms with Crippen LogP contribution in [0.15, 0.2) is 23.3 Å². The Kier molecular flexibility index (Phi) is 3.44. The Balaban J connectivity index is 2.61. The molecule has 0 heterocycles. The smallest absolute Gasteiger partial charge is 0.149 e. The van der Waals surface area contributed by atoms with Gasteiger partial charge in [0.15, 0.2) is 0 Å². The van der Waals surface area contributed by atoms with Gasteiger partial charge in [0.2, 0.25) is 0 Å². The van der Waals surface area contributed by atoms with Crippen molar-refractivity contribution >= 4 is 23.2 Å².